The van der Waals surface area contributed by atoms with Crippen LogP contribution in [0.5, 0.6) is 5.75 Å². The van der Waals surface area contributed by atoms with Gasteiger partial charge in [-0.2, -0.15) is 0 Å². The predicted molar refractivity (Wildman–Crippen MR) is 102 cm³/mol. The van der Waals surface area contributed by atoms with Crippen LogP contribution < -0.4 is 10.1 Å². The Labute approximate surface area is 159 Å². The van der Waals surface area contributed by atoms with E-state index in [2.05, 4.69) is 10.3 Å². The normalized spacial score (nSPS) is 21.8. The summed E-state index contributed by atoms with van der Waals surface area (Å²) in [6.45, 7) is 2.62. The van der Waals surface area contributed by atoms with Crippen molar-refractivity contribution in [2.24, 2.45) is 0 Å². The van der Waals surface area contributed by atoms with Crippen LogP contribution in [0.2, 0.25) is 0 Å². The fraction of sp³-hybridized carbons (Fsp3) is 0.389. The van der Waals surface area contributed by atoms with Crippen molar-refractivity contribution in [2.45, 2.75) is 29.7 Å². The van der Waals surface area contributed by atoms with E-state index in [1.807, 2.05) is 13.0 Å². The highest BCUT2D eigenvalue weighted by Gasteiger charge is 2.45. The lowest BCUT2D eigenvalue weighted by atomic mass is 10.2. The summed E-state index contributed by atoms with van der Waals surface area (Å²) >= 11 is 0. The number of aromatic nitrogens is 1. The number of ether oxygens (including phenoxy) is 1. The van der Waals surface area contributed by atoms with E-state index in [0.29, 0.717) is 18.9 Å². The molecule has 146 valence electrons. The molecule has 1 aliphatic rings. The standard InChI is InChI=1S/C18H22N2O5S2/c1-2-25-15-6-8-16(9-7-15)27(23,24)18-13-26(21,22)12-17(18)20-11-14-5-3-4-10-19-14/h3-10,17-18,20H,2,11-13H2,1H3. The Morgan fingerprint density at radius 2 is 1.89 bits per heavy atom. The average molecular weight is 411 g/mol. The van der Waals surface area contributed by atoms with Crippen LogP contribution in [0.3, 0.4) is 0 Å². The van der Waals surface area contributed by atoms with Crippen LogP contribution in [0.4, 0.5) is 0 Å². The molecule has 7 nitrogen and oxygen atoms in total. The van der Waals surface area contributed by atoms with Gasteiger partial charge in [0.2, 0.25) is 0 Å². The van der Waals surface area contributed by atoms with Crippen molar-refractivity contribution in [1.29, 1.82) is 0 Å². The van der Waals surface area contributed by atoms with Gasteiger partial charge in [-0.3, -0.25) is 4.98 Å². The summed E-state index contributed by atoms with van der Waals surface area (Å²) < 4.78 is 55.7. The SMILES string of the molecule is CCOc1ccc(S(=O)(=O)C2CS(=O)(=O)CC2NCc2ccccn2)cc1. The molecular formula is C18H22N2O5S2. The summed E-state index contributed by atoms with van der Waals surface area (Å²) in [6.07, 6.45) is 1.64. The summed E-state index contributed by atoms with van der Waals surface area (Å²) in [6, 6.07) is 10.8. The summed E-state index contributed by atoms with van der Waals surface area (Å²) in [5.41, 5.74) is 0.721. The molecule has 27 heavy (non-hydrogen) atoms. The molecule has 1 aromatic heterocycles. The molecule has 3 rings (SSSR count). The Balaban J connectivity index is 1.82. The zero-order valence-corrected chi connectivity index (χ0v) is 16.5. The predicted octanol–water partition coefficient (Wildman–Crippen LogP) is 1.21. The van der Waals surface area contributed by atoms with Gasteiger partial charge in [0.1, 0.15) is 5.75 Å². The minimum absolute atomic E-state index is 0.0951. The van der Waals surface area contributed by atoms with Crippen molar-refractivity contribution < 1.29 is 21.6 Å². The Bertz CT molecular complexity index is 974. The van der Waals surface area contributed by atoms with Crippen LogP contribution in [-0.4, -0.2) is 51.2 Å². The Morgan fingerprint density at radius 1 is 1.15 bits per heavy atom. The highest BCUT2D eigenvalue weighted by molar-refractivity contribution is 7.96. The summed E-state index contributed by atoms with van der Waals surface area (Å²) in [5, 5.41) is 2.03. The lowest BCUT2D eigenvalue weighted by Gasteiger charge is -2.20. The summed E-state index contributed by atoms with van der Waals surface area (Å²) in [5.74, 6) is -0.0243. The van der Waals surface area contributed by atoms with Gasteiger partial charge in [0.25, 0.3) is 0 Å². The van der Waals surface area contributed by atoms with E-state index >= 15 is 0 Å². The molecule has 1 N–H and O–H groups in total. The van der Waals surface area contributed by atoms with E-state index in [1.165, 1.54) is 12.1 Å². The topological polar surface area (TPSA) is 102 Å². The Hall–Kier alpha value is -1.97. The number of hydrogen-bond acceptors (Lipinski definition) is 7. The highest BCUT2D eigenvalue weighted by Crippen LogP contribution is 2.27. The lowest BCUT2D eigenvalue weighted by molar-refractivity contribution is 0.340. The molecule has 0 aliphatic carbocycles. The first-order chi connectivity index (χ1) is 12.8. The molecule has 1 fully saturated rings. The van der Waals surface area contributed by atoms with Crippen molar-refractivity contribution in [3.63, 3.8) is 0 Å². The molecule has 0 spiro atoms. The molecule has 9 heteroatoms. The first kappa shape index (κ1) is 19.8. The zero-order chi connectivity index (χ0) is 19.5. The fourth-order valence-electron chi connectivity index (χ4n) is 3.12. The fourth-order valence-corrected chi connectivity index (χ4v) is 7.83. The minimum Gasteiger partial charge on any atom is -0.494 e. The van der Waals surface area contributed by atoms with Crippen LogP contribution >= 0.6 is 0 Å². The number of nitrogens with zero attached hydrogens (tertiary/aromatic N) is 1. The maximum absolute atomic E-state index is 13.1. The molecule has 2 heterocycles. The van der Waals surface area contributed by atoms with Crippen LogP contribution in [0.15, 0.2) is 53.6 Å². The van der Waals surface area contributed by atoms with Crippen LogP contribution in [0.1, 0.15) is 12.6 Å². The third-order valence-corrected chi connectivity index (χ3v) is 8.60. The second-order valence-corrected chi connectivity index (χ2v) is 10.7. The number of hydrogen-bond donors (Lipinski definition) is 1. The van der Waals surface area contributed by atoms with E-state index < -0.39 is 31.0 Å². The Morgan fingerprint density at radius 3 is 2.52 bits per heavy atom. The largest absolute Gasteiger partial charge is 0.494 e. The van der Waals surface area contributed by atoms with Gasteiger partial charge in [-0.25, -0.2) is 16.8 Å². The smallest absolute Gasteiger partial charge is 0.183 e. The molecule has 0 saturated carbocycles. The summed E-state index contributed by atoms with van der Waals surface area (Å²) in [7, 11) is -7.26. The zero-order valence-electron chi connectivity index (χ0n) is 14.9. The van der Waals surface area contributed by atoms with Gasteiger partial charge in [-0.05, 0) is 43.3 Å². The van der Waals surface area contributed by atoms with Crippen molar-refractivity contribution >= 4 is 19.7 Å². The monoisotopic (exact) mass is 410 g/mol. The molecule has 0 radical (unpaired) electrons. The molecule has 2 aromatic rings. The van der Waals surface area contributed by atoms with Gasteiger partial charge in [-0.1, -0.05) is 6.07 Å². The molecule has 1 aromatic carbocycles. The molecule has 2 atom stereocenters. The number of sulfone groups is 2. The first-order valence-electron chi connectivity index (χ1n) is 8.62. The second kappa shape index (κ2) is 7.95. The molecule has 2 unspecified atom stereocenters. The van der Waals surface area contributed by atoms with Crippen molar-refractivity contribution in [1.82, 2.24) is 10.3 Å². The van der Waals surface area contributed by atoms with Crippen LogP contribution in [0.25, 0.3) is 0 Å². The van der Waals surface area contributed by atoms with Crippen molar-refractivity contribution in [3.8, 4) is 5.75 Å². The molecule has 0 bridgehead atoms. The van der Waals surface area contributed by atoms with Gasteiger partial charge >= 0.3 is 0 Å². The van der Waals surface area contributed by atoms with Crippen LogP contribution in [0, 0.1) is 0 Å². The van der Waals surface area contributed by atoms with Gasteiger partial charge in [-0.15, -0.1) is 0 Å². The second-order valence-electron chi connectivity index (χ2n) is 6.37. The molecule has 1 aliphatic heterocycles. The van der Waals surface area contributed by atoms with E-state index in [0.717, 1.165) is 5.69 Å². The highest BCUT2D eigenvalue weighted by atomic mass is 32.2. The Kier molecular flexibility index (Phi) is 5.83. The molecular weight excluding hydrogens is 388 g/mol. The van der Waals surface area contributed by atoms with Gasteiger partial charge in [0, 0.05) is 18.8 Å². The van der Waals surface area contributed by atoms with Crippen molar-refractivity contribution in [2.75, 3.05) is 18.1 Å². The molecule has 0 amide bonds. The van der Waals surface area contributed by atoms with Gasteiger partial charge in [0.05, 0.1) is 34.0 Å². The maximum Gasteiger partial charge on any atom is 0.183 e. The average Bonchev–Trinajstić information content (AvgIpc) is 2.97. The third-order valence-electron chi connectivity index (χ3n) is 4.43. The van der Waals surface area contributed by atoms with Gasteiger partial charge in [0.15, 0.2) is 19.7 Å². The number of benzene rings is 1. The number of nitrogens with one attached hydrogen (secondary N) is 1. The van der Waals surface area contributed by atoms with Gasteiger partial charge < -0.3 is 10.1 Å². The van der Waals surface area contributed by atoms with E-state index in [1.54, 1.807) is 30.5 Å². The molecule has 1 saturated heterocycles. The third kappa shape index (κ3) is 4.66. The summed E-state index contributed by atoms with van der Waals surface area (Å²) in [4.78, 5) is 4.27. The maximum atomic E-state index is 13.1. The first-order valence-corrected chi connectivity index (χ1v) is 12.0. The van der Waals surface area contributed by atoms with E-state index in [9.17, 15) is 16.8 Å². The van der Waals surface area contributed by atoms with Crippen LogP contribution in [-0.2, 0) is 26.2 Å². The van der Waals surface area contributed by atoms with Crippen molar-refractivity contribution in [3.05, 3.63) is 54.4 Å². The quantitative estimate of drug-likeness (QED) is 0.732. The number of rotatable bonds is 7. The van der Waals surface area contributed by atoms with E-state index in [-0.39, 0.29) is 16.4 Å². The van der Waals surface area contributed by atoms with E-state index in [4.69, 9.17) is 4.74 Å². The lowest BCUT2D eigenvalue weighted by Crippen LogP contribution is -2.43. The minimum atomic E-state index is -3.81. The number of pyridine rings is 1.